The number of hydrogen-bond acceptors (Lipinski definition) is 5. The Bertz CT molecular complexity index is 1420. The molecule has 4 fully saturated rings. The highest BCUT2D eigenvalue weighted by molar-refractivity contribution is 7.92. The van der Waals surface area contributed by atoms with Gasteiger partial charge in [-0.1, -0.05) is 6.07 Å². The molecular formula is C26H25F4N3O4S. The van der Waals surface area contributed by atoms with E-state index in [2.05, 4.69) is 10.3 Å². The summed E-state index contributed by atoms with van der Waals surface area (Å²) in [5, 5.41) is 2.24. The number of piperidine rings is 1. The zero-order chi connectivity index (χ0) is 27.0. The number of carbonyl (C=O) groups is 2. The fourth-order valence-corrected chi connectivity index (χ4v) is 7.08. The first-order valence-electron chi connectivity index (χ1n) is 12.6. The Balaban J connectivity index is 1.22. The normalized spacial score (nSPS) is 25.6. The van der Waals surface area contributed by atoms with Crippen LogP contribution in [0.3, 0.4) is 0 Å². The highest BCUT2D eigenvalue weighted by Crippen LogP contribution is 2.49. The molecule has 3 saturated carbocycles. The first-order valence-corrected chi connectivity index (χ1v) is 14.2. The lowest BCUT2D eigenvalue weighted by molar-refractivity contribution is -0.140. The summed E-state index contributed by atoms with van der Waals surface area (Å²) in [6, 6.07) is 3.74. The molecule has 0 radical (unpaired) electrons. The molecule has 202 valence electrons. The van der Waals surface area contributed by atoms with Crippen LogP contribution in [0.15, 0.2) is 41.6 Å². The second-order valence-corrected chi connectivity index (χ2v) is 12.9. The van der Waals surface area contributed by atoms with E-state index in [1.165, 1.54) is 29.3 Å². The Morgan fingerprint density at radius 2 is 1.79 bits per heavy atom. The number of hydrogen-bond donors (Lipinski definition) is 1. The SMILES string of the molecule is O=C(NC(c1ccc(C(F)(F)F)c(F)c1)C1CC1)[C@H]1C[C@H]2C[C@H]2N1C(=O)c1ccnc(S(=O)(=O)C2CC2)c1. The van der Waals surface area contributed by atoms with E-state index in [0.29, 0.717) is 25.3 Å². The van der Waals surface area contributed by atoms with E-state index in [9.17, 15) is 35.6 Å². The Morgan fingerprint density at radius 3 is 2.42 bits per heavy atom. The van der Waals surface area contributed by atoms with Crippen LogP contribution in [0, 0.1) is 17.7 Å². The minimum Gasteiger partial charge on any atom is -0.347 e. The van der Waals surface area contributed by atoms with E-state index in [0.717, 1.165) is 25.3 Å². The lowest BCUT2D eigenvalue weighted by atomic mass is 9.99. The molecule has 38 heavy (non-hydrogen) atoms. The summed E-state index contributed by atoms with van der Waals surface area (Å²) < 4.78 is 78.6. The first-order chi connectivity index (χ1) is 17.9. The number of benzene rings is 1. The summed E-state index contributed by atoms with van der Waals surface area (Å²) in [5.41, 5.74) is -0.986. The van der Waals surface area contributed by atoms with Crippen LogP contribution in [-0.2, 0) is 20.8 Å². The van der Waals surface area contributed by atoms with Crippen molar-refractivity contribution in [3.05, 3.63) is 59.0 Å². The molecule has 2 amide bonds. The van der Waals surface area contributed by atoms with Crippen molar-refractivity contribution in [2.24, 2.45) is 11.8 Å². The van der Waals surface area contributed by atoms with Gasteiger partial charge in [-0.3, -0.25) is 9.59 Å². The van der Waals surface area contributed by atoms with Crippen LogP contribution in [0.25, 0.3) is 0 Å². The lowest BCUT2D eigenvalue weighted by Crippen LogP contribution is -2.49. The summed E-state index contributed by atoms with van der Waals surface area (Å²) in [7, 11) is -3.61. The number of likely N-dealkylation sites (tertiary alicyclic amines) is 1. The predicted molar refractivity (Wildman–Crippen MR) is 126 cm³/mol. The maximum Gasteiger partial charge on any atom is 0.419 e. The first kappa shape index (κ1) is 25.3. The molecule has 2 heterocycles. The van der Waals surface area contributed by atoms with Crippen molar-refractivity contribution in [1.82, 2.24) is 15.2 Å². The average Bonchev–Trinajstić information content (AvgIpc) is 3.72. The zero-order valence-corrected chi connectivity index (χ0v) is 20.9. The Labute approximate surface area is 216 Å². The molecule has 0 bridgehead atoms. The second-order valence-electron chi connectivity index (χ2n) is 10.7. The molecule has 1 aliphatic heterocycles. The smallest absolute Gasteiger partial charge is 0.347 e. The molecule has 4 atom stereocenters. The van der Waals surface area contributed by atoms with Gasteiger partial charge in [0.1, 0.15) is 11.9 Å². The van der Waals surface area contributed by atoms with Crippen molar-refractivity contribution >= 4 is 21.7 Å². The Hall–Kier alpha value is -3.02. The van der Waals surface area contributed by atoms with Gasteiger partial charge in [0.2, 0.25) is 5.91 Å². The standard InChI is InChI=1S/C26H25F4N3O4S/c27-19-9-14(3-6-18(19)26(28,29)30)23(13-1-2-13)32-24(34)21-11-16-10-20(16)33(21)25(35)15-7-8-31-22(12-15)38(36,37)17-4-5-17/h3,6-9,12-13,16-17,20-21,23H,1-2,4-5,10-11H2,(H,32,34)/t16-,20-,21-,23?/m1/s1. The van der Waals surface area contributed by atoms with Gasteiger partial charge in [0.15, 0.2) is 14.9 Å². The van der Waals surface area contributed by atoms with Gasteiger partial charge in [-0.2, -0.15) is 13.2 Å². The number of pyridine rings is 1. The minimum absolute atomic E-state index is 0.0365. The largest absolute Gasteiger partial charge is 0.419 e. The molecule has 1 aromatic carbocycles. The monoisotopic (exact) mass is 551 g/mol. The van der Waals surface area contributed by atoms with E-state index in [4.69, 9.17) is 0 Å². The maximum absolute atomic E-state index is 14.3. The van der Waals surface area contributed by atoms with Gasteiger partial charge in [-0.05, 0) is 80.2 Å². The second kappa shape index (κ2) is 8.75. The van der Waals surface area contributed by atoms with Gasteiger partial charge in [-0.15, -0.1) is 0 Å². The number of carbonyl (C=O) groups excluding carboxylic acids is 2. The van der Waals surface area contributed by atoms with E-state index < -0.39 is 56.5 Å². The van der Waals surface area contributed by atoms with Crippen LogP contribution in [0.1, 0.15) is 66.1 Å². The number of rotatable bonds is 7. The van der Waals surface area contributed by atoms with E-state index in [1.54, 1.807) is 0 Å². The fourth-order valence-electron chi connectivity index (χ4n) is 5.49. The van der Waals surface area contributed by atoms with Gasteiger partial charge in [-0.25, -0.2) is 17.8 Å². The van der Waals surface area contributed by atoms with Gasteiger partial charge >= 0.3 is 6.18 Å². The highest BCUT2D eigenvalue weighted by atomic mass is 32.2. The number of nitrogens with one attached hydrogen (secondary N) is 1. The number of aromatic nitrogens is 1. The van der Waals surface area contributed by atoms with Crippen molar-refractivity contribution in [3.63, 3.8) is 0 Å². The molecule has 1 saturated heterocycles. The van der Waals surface area contributed by atoms with Gasteiger partial charge in [0.05, 0.1) is 16.9 Å². The van der Waals surface area contributed by atoms with Crippen molar-refractivity contribution in [2.45, 2.75) is 73.1 Å². The molecule has 1 N–H and O–H groups in total. The molecule has 7 nitrogen and oxygen atoms in total. The molecule has 4 aliphatic rings. The minimum atomic E-state index is -4.82. The highest BCUT2D eigenvalue weighted by Gasteiger charge is 2.56. The van der Waals surface area contributed by atoms with Crippen molar-refractivity contribution in [3.8, 4) is 0 Å². The molecule has 3 aliphatic carbocycles. The zero-order valence-electron chi connectivity index (χ0n) is 20.1. The number of fused-ring (bicyclic) bond motifs is 1. The van der Waals surface area contributed by atoms with Crippen molar-refractivity contribution < 1.29 is 35.6 Å². The summed E-state index contributed by atoms with van der Waals surface area (Å²) in [6.45, 7) is 0. The molecule has 12 heteroatoms. The van der Waals surface area contributed by atoms with Gasteiger partial charge < -0.3 is 10.2 Å². The number of halogens is 4. The number of nitrogens with zero attached hydrogens (tertiary/aromatic N) is 2. The van der Waals surface area contributed by atoms with E-state index in [-0.39, 0.29) is 34.0 Å². The summed E-state index contributed by atoms with van der Waals surface area (Å²) in [5.74, 6) is -2.21. The lowest BCUT2D eigenvalue weighted by Gasteiger charge is -2.29. The van der Waals surface area contributed by atoms with Crippen LogP contribution in [0.5, 0.6) is 0 Å². The Kier molecular flexibility index (Phi) is 5.82. The number of alkyl halides is 3. The molecule has 0 spiro atoms. The van der Waals surface area contributed by atoms with Gasteiger partial charge in [0, 0.05) is 17.8 Å². The van der Waals surface area contributed by atoms with Crippen LogP contribution in [0.4, 0.5) is 17.6 Å². The fraction of sp³-hybridized carbons (Fsp3) is 0.500. The maximum atomic E-state index is 14.3. The molecular weight excluding hydrogens is 526 g/mol. The van der Waals surface area contributed by atoms with Crippen LogP contribution < -0.4 is 5.32 Å². The van der Waals surface area contributed by atoms with Crippen LogP contribution in [-0.4, -0.2) is 47.4 Å². The molecule has 1 unspecified atom stereocenters. The quantitative estimate of drug-likeness (QED) is 0.524. The van der Waals surface area contributed by atoms with E-state index >= 15 is 0 Å². The molecule has 2 aromatic rings. The number of sulfone groups is 1. The number of amides is 2. The van der Waals surface area contributed by atoms with Crippen molar-refractivity contribution in [2.75, 3.05) is 0 Å². The topological polar surface area (TPSA) is 96.4 Å². The third kappa shape index (κ3) is 4.56. The third-order valence-corrected chi connectivity index (χ3v) is 10.1. The third-order valence-electron chi connectivity index (χ3n) is 7.93. The van der Waals surface area contributed by atoms with E-state index in [1.807, 2.05) is 0 Å². The van der Waals surface area contributed by atoms with Gasteiger partial charge in [0.25, 0.3) is 5.91 Å². The summed E-state index contributed by atoms with van der Waals surface area (Å²) >= 11 is 0. The summed E-state index contributed by atoms with van der Waals surface area (Å²) in [6.07, 6.45) is 0.223. The molecule has 6 rings (SSSR count). The van der Waals surface area contributed by atoms with Crippen molar-refractivity contribution in [1.29, 1.82) is 0 Å². The predicted octanol–water partition coefficient (Wildman–Crippen LogP) is 4.05. The van der Waals surface area contributed by atoms with Crippen LogP contribution in [0.2, 0.25) is 0 Å². The van der Waals surface area contributed by atoms with Crippen LogP contribution >= 0.6 is 0 Å². The summed E-state index contributed by atoms with van der Waals surface area (Å²) in [4.78, 5) is 32.4. The average molecular weight is 552 g/mol. The molecule has 1 aromatic heterocycles. The Morgan fingerprint density at radius 1 is 1.05 bits per heavy atom.